The Morgan fingerprint density at radius 2 is 1.95 bits per heavy atom. The molecule has 2 heterocycles. The van der Waals surface area contributed by atoms with E-state index in [2.05, 4.69) is 21.0 Å². The molecule has 5 nitrogen and oxygen atoms in total. The molecule has 3 aromatic rings. The summed E-state index contributed by atoms with van der Waals surface area (Å²) in [5.74, 6) is 0.754. The molecule has 0 unspecified atom stereocenters. The van der Waals surface area contributed by atoms with Gasteiger partial charge in [-0.25, -0.2) is 9.48 Å². The van der Waals surface area contributed by atoms with Gasteiger partial charge in [0.15, 0.2) is 5.65 Å². The zero-order chi connectivity index (χ0) is 13.9. The van der Waals surface area contributed by atoms with Crippen LogP contribution < -0.4 is 10.4 Å². The van der Waals surface area contributed by atoms with Crippen LogP contribution in [0.5, 0.6) is 5.75 Å². The molecule has 0 spiro atoms. The number of pyridine rings is 1. The highest BCUT2D eigenvalue weighted by molar-refractivity contribution is 9.10. The molecule has 0 saturated heterocycles. The van der Waals surface area contributed by atoms with Crippen molar-refractivity contribution in [3.63, 3.8) is 0 Å². The van der Waals surface area contributed by atoms with Crippen LogP contribution >= 0.6 is 15.9 Å². The fourth-order valence-corrected chi connectivity index (χ4v) is 2.32. The molecular formula is C14H12BrN3O2. The van der Waals surface area contributed by atoms with E-state index in [1.807, 2.05) is 30.3 Å². The minimum absolute atomic E-state index is 0.156. The van der Waals surface area contributed by atoms with E-state index < -0.39 is 0 Å². The van der Waals surface area contributed by atoms with Gasteiger partial charge >= 0.3 is 5.69 Å². The first-order chi connectivity index (χ1) is 9.75. The molecule has 1 aromatic carbocycles. The Morgan fingerprint density at radius 3 is 2.75 bits per heavy atom. The lowest BCUT2D eigenvalue weighted by atomic mass is 10.3. The molecule has 0 N–H and O–H groups in total. The van der Waals surface area contributed by atoms with Crippen molar-refractivity contribution >= 4 is 21.6 Å². The molecular weight excluding hydrogens is 322 g/mol. The number of rotatable bonds is 4. The van der Waals surface area contributed by atoms with Crippen molar-refractivity contribution in [1.82, 2.24) is 14.2 Å². The summed E-state index contributed by atoms with van der Waals surface area (Å²) in [4.78, 5) is 12.0. The molecule has 20 heavy (non-hydrogen) atoms. The number of hydrogen-bond donors (Lipinski definition) is 0. The maximum absolute atomic E-state index is 12.0. The second-order valence-corrected chi connectivity index (χ2v) is 5.07. The SMILES string of the molecule is O=c1n(CCOc2ccccc2Br)nc2ccccn12. The topological polar surface area (TPSA) is 48.5 Å². The number of fused-ring (bicyclic) bond motifs is 1. The van der Waals surface area contributed by atoms with Gasteiger partial charge in [-0.15, -0.1) is 5.10 Å². The number of aromatic nitrogens is 3. The Balaban J connectivity index is 1.73. The van der Waals surface area contributed by atoms with Crippen LogP contribution in [0.15, 0.2) is 57.9 Å². The Labute approximate surface area is 123 Å². The molecule has 2 aromatic heterocycles. The minimum atomic E-state index is -0.156. The third kappa shape index (κ3) is 2.46. The van der Waals surface area contributed by atoms with E-state index in [1.165, 1.54) is 9.08 Å². The van der Waals surface area contributed by atoms with E-state index in [0.29, 0.717) is 18.8 Å². The molecule has 0 fully saturated rings. The molecule has 0 saturated carbocycles. The van der Waals surface area contributed by atoms with E-state index in [9.17, 15) is 4.79 Å². The summed E-state index contributed by atoms with van der Waals surface area (Å²) in [5.41, 5.74) is 0.481. The smallest absolute Gasteiger partial charge is 0.350 e. The van der Waals surface area contributed by atoms with E-state index in [-0.39, 0.29) is 5.69 Å². The van der Waals surface area contributed by atoms with Crippen molar-refractivity contribution in [2.45, 2.75) is 6.54 Å². The maximum Gasteiger partial charge on any atom is 0.350 e. The van der Waals surface area contributed by atoms with Crippen molar-refractivity contribution in [2.75, 3.05) is 6.61 Å². The Kier molecular flexibility index (Phi) is 3.56. The zero-order valence-corrected chi connectivity index (χ0v) is 12.2. The van der Waals surface area contributed by atoms with Gasteiger partial charge in [-0.3, -0.25) is 4.40 Å². The Bertz CT molecular complexity index is 794. The van der Waals surface area contributed by atoms with Crippen LogP contribution in [0, 0.1) is 0 Å². The van der Waals surface area contributed by atoms with Crippen LogP contribution in [0.2, 0.25) is 0 Å². The van der Waals surface area contributed by atoms with E-state index >= 15 is 0 Å². The van der Waals surface area contributed by atoms with Crippen molar-refractivity contribution in [3.8, 4) is 5.75 Å². The highest BCUT2D eigenvalue weighted by Gasteiger charge is 2.06. The summed E-state index contributed by atoms with van der Waals surface area (Å²) in [6.45, 7) is 0.786. The van der Waals surface area contributed by atoms with Gasteiger partial charge in [-0.1, -0.05) is 18.2 Å². The quantitative estimate of drug-likeness (QED) is 0.736. The van der Waals surface area contributed by atoms with Crippen molar-refractivity contribution in [1.29, 1.82) is 0 Å². The molecule has 0 aliphatic carbocycles. The van der Waals surface area contributed by atoms with Crippen LogP contribution in [0.1, 0.15) is 0 Å². The van der Waals surface area contributed by atoms with Gasteiger partial charge in [0.2, 0.25) is 0 Å². The van der Waals surface area contributed by atoms with Crippen LogP contribution in [0.25, 0.3) is 5.65 Å². The Morgan fingerprint density at radius 1 is 1.15 bits per heavy atom. The van der Waals surface area contributed by atoms with Crippen molar-refractivity contribution < 1.29 is 4.74 Å². The number of para-hydroxylation sites is 1. The summed E-state index contributed by atoms with van der Waals surface area (Å²) < 4.78 is 9.45. The van der Waals surface area contributed by atoms with E-state index in [1.54, 1.807) is 18.3 Å². The first-order valence-corrected chi connectivity index (χ1v) is 6.96. The lowest BCUT2D eigenvalue weighted by Gasteiger charge is -2.07. The number of benzene rings is 1. The fourth-order valence-electron chi connectivity index (χ4n) is 1.92. The van der Waals surface area contributed by atoms with Gasteiger partial charge < -0.3 is 4.74 Å². The number of ether oxygens (including phenoxy) is 1. The fraction of sp³-hybridized carbons (Fsp3) is 0.143. The predicted molar refractivity (Wildman–Crippen MR) is 79.1 cm³/mol. The molecule has 0 bridgehead atoms. The lowest BCUT2D eigenvalue weighted by molar-refractivity contribution is 0.287. The maximum atomic E-state index is 12.0. The standard InChI is InChI=1S/C14H12BrN3O2/c15-11-5-1-2-6-12(11)20-10-9-18-14(19)17-8-4-3-7-13(17)16-18/h1-8H,9-10H2. The second kappa shape index (κ2) is 5.50. The summed E-state index contributed by atoms with van der Waals surface area (Å²) in [7, 11) is 0. The summed E-state index contributed by atoms with van der Waals surface area (Å²) in [6.07, 6.45) is 1.70. The van der Waals surface area contributed by atoms with Gasteiger partial charge in [0.1, 0.15) is 12.4 Å². The molecule has 0 amide bonds. The molecule has 0 aliphatic rings. The van der Waals surface area contributed by atoms with Crippen LogP contribution in [0.4, 0.5) is 0 Å². The monoisotopic (exact) mass is 333 g/mol. The van der Waals surface area contributed by atoms with Gasteiger partial charge in [0, 0.05) is 6.20 Å². The van der Waals surface area contributed by atoms with Crippen molar-refractivity contribution in [2.24, 2.45) is 0 Å². The van der Waals surface area contributed by atoms with Crippen LogP contribution in [-0.4, -0.2) is 20.8 Å². The van der Waals surface area contributed by atoms with Crippen molar-refractivity contribution in [3.05, 3.63) is 63.6 Å². The van der Waals surface area contributed by atoms with Crippen LogP contribution in [0.3, 0.4) is 0 Å². The van der Waals surface area contributed by atoms with Gasteiger partial charge in [0.25, 0.3) is 0 Å². The normalized spacial score (nSPS) is 10.8. The number of halogens is 1. The third-order valence-electron chi connectivity index (χ3n) is 2.89. The average molecular weight is 334 g/mol. The molecule has 0 atom stereocenters. The highest BCUT2D eigenvalue weighted by atomic mass is 79.9. The molecule has 102 valence electrons. The molecule has 6 heteroatoms. The van der Waals surface area contributed by atoms with Gasteiger partial charge in [0.05, 0.1) is 11.0 Å². The average Bonchev–Trinajstić information content (AvgIpc) is 2.78. The molecule has 0 radical (unpaired) electrons. The van der Waals surface area contributed by atoms with E-state index in [4.69, 9.17) is 4.74 Å². The van der Waals surface area contributed by atoms with Gasteiger partial charge in [-0.2, -0.15) is 0 Å². The predicted octanol–water partition coefficient (Wildman–Crippen LogP) is 2.34. The third-order valence-corrected chi connectivity index (χ3v) is 3.54. The summed E-state index contributed by atoms with van der Waals surface area (Å²) in [6, 6.07) is 13.1. The Hall–Kier alpha value is -2.08. The lowest BCUT2D eigenvalue weighted by Crippen LogP contribution is -2.23. The van der Waals surface area contributed by atoms with E-state index in [0.717, 1.165) is 10.2 Å². The van der Waals surface area contributed by atoms with Gasteiger partial charge in [-0.05, 0) is 40.2 Å². The highest BCUT2D eigenvalue weighted by Crippen LogP contribution is 2.23. The first-order valence-electron chi connectivity index (χ1n) is 6.17. The largest absolute Gasteiger partial charge is 0.490 e. The summed E-state index contributed by atoms with van der Waals surface area (Å²) >= 11 is 3.41. The summed E-state index contributed by atoms with van der Waals surface area (Å²) in [5, 5.41) is 4.24. The van der Waals surface area contributed by atoms with Crippen LogP contribution in [-0.2, 0) is 6.54 Å². The molecule has 3 rings (SSSR count). The minimum Gasteiger partial charge on any atom is -0.490 e. The number of hydrogen-bond acceptors (Lipinski definition) is 3. The second-order valence-electron chi connectivity index (χ2n) is 4.21. The molecule has 0 aliphatic heterocycles. The number of nitrogens with zero attached hydrogens (tertiary/aromatic N) is 3. The first kappa shape index (κ1) is 12.9. The zero-order valence-electron chi connectivity index (χ0n) is 10.6.